The zero-order valence-electron chi connectivity index (χ0n) is 14.1. The van der Waals surface area contributed by atoms with Crippen molar-refractivity contribution in [1.82, 2.24) is 20.1 Å². The van der Waals surface area contributed by atoms with Gasteiger partial charge in [0.05, 0.1) is 12.8 Å². The van der Waals surface area contributed by atoms with Crippen molar-refractivity contribution in [3.05, 3.63) is 42.1 Å². The van der Waals surface area contributed by atoms with Gasteiger partial charge in [0.2, 0.25) is 5.95 Å². The fraction of sp³-hybridized carbons (Fsp3) is 0.471. The SMILES string of the molecule is COCCNc1nncc(N2CCN(Cc3ccccc3)CC2)n1. The lowest BCUT2D eigenvalue weighted by Gasteiger charge is -2.35. The van der Waals surface area contributed by atoms with Crippen LogP contribution >= 0.6 is 0 Å². The molecule has 1 aliphatic rings. The number of hydrogen-bond donors (Lipinski definition) is 1. The Morgan fingerprint density at radius 2 is 1.92 bits per heavy atom. The molecule has 0 aliphatic carbocycles. The number of rotatable bonds is 7. The lowest BCUT2D eigenvalue weighted by Crippen LogP contribution is -2.46. The maximum Gasteiger partial charge on any atom is 0.244 e. The van der Waals surface area contributed by atoms with Gasteiger partial charge in [-0.25, -0.2) is 0 Å². The summed E-state index contributed by atoms with van der Waals surface area (Å²) in [6, 6.07) is 10.6. The standard InChI is InChI=1S/C17H24N6O/c1-24-12-7-18-17-20-16(13-19-21-17)23-10-8-22(9-11-23)14-15-5-3-2-4-6-15/h2-6,13H,7-12,14H2,1H3,(H,18,20,21). The number of ether oxygens (including phenoxy) is 1. The summed E-state index contributed by atoms with van der Waals surface area (Å²) in [5, 5.41) is 11.2. The number of nitrogens with one attached hydrogen (secondary N) is 1. The van der Waals surface area contributed by atoms with Crippen molar-refractivity contribution >= 4 is 11.8 Å². The van der Waals surface area contributed by atoms with Crippen LogP contribution < -0.4 is 10.2 Å². The zero-order chi connectivity index (χ0) is 16.6. The summed E-state index contributed by atoms with van der Waals surface area (Å²) < 4.78 is 5.02. The van der Waals surface area contributed by atoms with Crippen LogP contribution in [0.1, 0.15) is 5.56 Å². The Morgan fingerprint density at radius 1 is 1.12 bits per heavy atom. The van der Waals surface area contributed by atoms with Crippen molar-refractivity contribution in [2.75, 3.05) is 56.7 Å². The first kappa shape index (κ1) is 16.6. The predicted octanol–water partition coefficient (Wildman–Crippen LogP) is 1.25. The molecule has 0 atom stereocenters. The molecule has 1 N–H and O–H groups in total. The van der Waals surface area contributed by atoms with Gasteiger partial charge in [-0.15, -0.1) is 5.10 Å². The summed E-state index contributed by atoms with van der Waals surface area (Å²) in [6.07, 6.45) is 1.73. The minimum absolute atomic E-state index is 0.552. The Kier molecular flexibility index (Phi) is 5.92. The molecule has 0 amide bonds. The number of nitrogens with zero attached hydrogens (tertiary/aromatic N) is 5. The molecule has 1 fully saturated rings. The first-order valence-corrected chi connectivity index (χ1v) is 8.29. The molecule has 0 bridgehead atoms. The second kappa shape index (κ2) is 8.56. The predicted molar refractivity (Wildman–Crippen MR) is 94.1 cm³/mol. The Labute approximate surface area is 142 Å². The van der Waals surface area contributed by atoms with Crippen molar-refractivity contribution < 1.29 is 4.74 Å². The number of aromatic nitrogens is 3. The Hall–Kier alpha value is -2.25. The van der Waals surface area contributed by atoms with E-state index in [4.69, 9.17) is 4.74 Å². The largest absolute Gasteiger partial charge is 0.383 e. The number of methoxy groups -OCH3 is 1. The molecule has 24 heavy (non-hydrogen) atoms. The second-order valence-corrected chi connectivity index (χ2v) is 5.81. The lowest BCUT2D eigenvalue weighted by molar-refractivity contribution is 0.210. The van der Waals surface area contributed by atoms with E-state index in [1.165, 1.54) is 5.56 Å². The molecule has 0 radical (unpaired) electrons. The van der Waals surface area contributed by atoms with E-state index >= 15 is 0 Å². The van der Waals surface area contributed by atoms with E-state index in [9.17, 15) is 0 Å². The number of hydrogen-bond acceptors (Lipinski definition) is 7. The molecule has 1 aromatic carbocycles. The van der Waals surface area contributed by atoms with Gasteiger partial charge in [0.15, 0.2) is 5.82 Å². The van der Waals surface area contributed by atoms with Gasteiger partial charge in [-0.1, -0.05) is 30.3 Å². The molecule has 0 spiro atoms. The lowest BCUT2D eigenvalue weighted by atomic mass is 10.2. The maximum atomic E-state index is 5.02. The molecular formula is C17H24N6O. The summed E-state index contributed by atoms with van der Waals surface area (Å²) in [5.74, 6) is 1.43. The van der Waals surface area contributed by atoms with Gasteiger partial charge in [-0.3, -0.25) is 4.90 Å². The van der Waals surface area contributed by atoms with Crippen LogP contribution in [0.3, 0.4) is 0 Å². The van der Waals surface area contributed by atoms with Crippen LogP contribution in [-0.4, -0.2) is 66.5 Å². The topological polar surface area (TPSA) is 66.4 Å². The van der Waals surface area contributed by atoms with Crippen molar-refractivity contribution in [3.8, 4) is 0 Å². The zero-order valence-corrected chi connectivity index (χ0v) is 14.1. The van der Waals surface area contributed by atoms with Gasteiger partial charge >= 0.3 is 0 Å². The second-order valence-electron chi connectivity index (χ2n) is 5.81. The molecule has 7 heteroatoms. The number of benzene rings is 1. The minimum Gasteiger partial charge on any atom is -0.383 e. The van der Waals surface area contributed by atoms with Crippen molar-refractivity contribution in [2.45, 2.75) is 6.54 Å². The third-order valence-corrected chi connectivity index (χ3v) is 4.08. The quantitative estimate of drug-likeness (QED) is 0.767. The molecule has 1 aromatic heterocycles. The van der Waals surface area contributed by atoms with Crippen LogP contribution in [0.2, 0.25) is 0 Å². The summed E-state index contributed by atoms with van der Waals surface area (Å²) >= 11 is 0. The van der Waals surface area contributed by atoms with E-state index in [0.717, 1.165) is 38.5 Å². The Balaban J connectivity index is 1.52. The molecule has 2 heterocycles. The Bertz CT molecular complexity index is 615. The molecule has 1 aliphatic heterocycles. The van der Waals surface area contributed by atoms with Crippen LogP contribution in [0, 0.1) is 0 Å². The highest BCUT2D eigenvalue weighted by Gasteiger charge is 2.18. The normalized spacial score (nSPS) is 15.5. The summed E-state index contributed by atoms with van der Waals surface area (Å²) in [4.78, 5) is 9.28. The first-order valence-electron chi connectivity index (χ1n) is 8.29. The van der Waals surface area contributed by atoms with Gasteiger partial charge in [-0.05, 0) is 5.56 Å². The third-order valence-electron chi connectivity index (χ3n) is 4.08. The van der Waals surface area contributed by atoms with Gasteiger partial charge in [-0.2, -0.15) is 10.1 Å². The third kappa shape index (κ3) is 4.62. The summed E-state index contributed by atoms with van der Waals surface area (Å²) in [6.45, 7) is 6.22. The van der Waals surface area contributed by atoms with Crippen LogP contribution in [0.25, 0.3) is 0 Å². The molecule has 0 unspecified atom stereocenters. The van der Waals surface area contributed by atoms with Gasteiger partial charge in [0, 0.05) is 46.4 Å². The molecule has 7 nitrogen and oxygen atoms in total. The fourth-order valence-corrected chi connectivity index (χ4v) is 2.76. The number of anilines is 2. The molecule has 128 valence electrons. The summed E-state index contributed by atoms with van der Waals surface area (Å²) in [7, 11) is 1.67. The molecule has 2 aromatic rings. The van der Waals surface area contributed by atoms with E-state index in [-0.39, 0.29) is 0 Å². The van der Waals surface area contributed by atoms with Crippen LogP contribution in [0.5, 0.6) is 0 Å². The van der Waals surface area contributed by atoms with Gasteiger partial charge in [0.25, 0.3) is 0 Å². The monoisotopic (exact) mass is 328 g/mol. The maximum absolute atomic E-state index is 5.02. The van der Waals surface area contributed by atoms with Crippen molar-refractivity contribution in [3.63, 3.8) is 0 Å². The fourth-order valence-electron chi connectivity index (χ4n) is 2.76. The highest BCUT2D eigenvalue weighted by molar-refractivity contribution is 5.40. The van der Waals surface area contributed by atoms with E-state index in [2.05, 4.69) is 60.6 Å². The molecule has 3 rings (SSSR count). The van der Waals surface area contributed by atoms with Crippen LogP contribution in [0.15, 0.2) is 36.5 Å². The Morgan fingerprint density at radius 3 is 2.67 bits per heavy atom. The van der Waals surface area contributed by atoms with Crippen molar-refractivity contribution in [1.29, 1.82) is 0 Å². The molecule has 1 saturated heterocycles. The highest BCUT2D eigenvalue weighted by atomic mass is 16.5. The average molecular weight is 328 g/mol. The average Bonchev–Trinajstić information content (AvgIpc) is 2.64. The van der Waals surface area contributed by atoms with Gasteiger partial charge < -0.3 is 15.0 Å². The minimum atomic E-state index is 0.552. The number of piperazine rings is 1. The highest BCUT2D eigenvalue weighted by Crippen LogP contribution is 2.15. The van der Waals surface area contributed by atoms with E-state index in [1.54, 1.807) is 13.3 Å². The van der Waals surface area contributed by atoms with Crippen LogP contribution in [0.4, 0.5) is 11.8 Å². The first-order chi connectivity index (χ1) is 11.8. The summed E-state index contributed by atoms with van der Waals surface area (Å²) in [5.41, 5.74) is 1.36. The molecule has 0 saturated carbocycles. The van der Waals surface area contributed by atoms with Gasteiger partial charge in [0.1, 0.15) is 0 Å². The van der Waals surface area contributed by atoms with Crippen molar-refractivity contribution in [2.24, 2.45) is 0 Å². The van der Waals surface area contributed by atoms with Crippen LogP contribution in [-0.2, 0) is 11.3 Å². The molecular weight excluding hydrogens is 304 g/mol. The van der Waals surface area contributed by atoms with E-state index < -0.39 is 0 Å². The van der Waals surface area contributed by atoms with E-state index in [0.29, 0.717) is 19.1 Å². The van der Waals surface area contributed by atoms with E-state index in [1.807, 2.05) is 0 Å². The smallest absolute Gasteiger partial charge is 0.244 e.